The number of ether oxygens (including phenoxy) is 2. The van der Waals surface area contributed by atoms with Crippen molar-refractivity contribution in [3.05, 3.63) is 59.4 Å². The van der Waals surface area contributed by atoms with Gasteiger partial charge in [-0.2, -0.15) is 0 Å². The second-order valence-electron chi connectivity index (χ2n) is 7.11. The van der Waals surface area contributed by atoms with Crippen LogP contribution in [0, 0.1) is 13.8 Å². The van der Waals surface area contributed by atoms with Crippen molar-refractivity contribution in [1.29, 1.82) is 0 Å². The van der Waals surface area contributed by atoms with Gasteiger partial charge in [0.05, 0.1) is 12.9 Å². The van der Waals surface area contributed by atoms with Crippen molar-refractivity contribution in [3.8, 4) is 11.5 Å². The van der Waals surface area contributed by atoms with Gasteiger partial charge in [-0.3, -0.25) is 4.79 Å². The summed E-state index contributed by atoms with van der Waals surface area (Å²) in [7, 11) is 1.62. The fraction of sp³-hybridized carbons (Fsp3) is 0.348. The van der Waals surface area contributed by atoms with Crippen molar-refractivity contribution >= 4 is 23.4 Å². The number of hydrogen-bond acceptors (Lipinski definition) is 6. The lowest BCUT2D eigenvalue weighted by Crippen LogP contribution is -2.16. The van der Waals surface area contributed by atoms with Crippen LogP contribution in [0.4, 0.5) is 5.69 Å². The number of nitrogens with zero attached hydrogens (tertiary/aromatic N) is 3. The first-order valence-corrected chi connectivity index (χ1v) is 11.1. The molecule has 3 rings (SSSR count). The van der Waals surface area contributed by atoms with E-state index in [9.17, 15) is 4.79 Å². The fourth-order valence-corrected chi connectivity index (χ4v) is 3.95. The number of benzene rings is 2. The van der Waals surface area contributed by atoms with Crippen molar-refractivity contribution in [2.45, 2.75) is 45.5 Å². The molecule has 1 heterocycles. The van der Waals surface area contributed by atoms with Gasteiger partial charge in [-0.15, -0.1) is 10.2 Å². The number of thioether (sulfide) groups is 1. The first-order chi connectivity index (χ1) is 14.9. The first-order valence-electron chi connectivity index (χ1n) is 10.2. The van der Waals surface area contributed by atoms with Gasteiger partial charge in [0.2, 0.25) is 5.91 Å². The summed E-state index contributed by atoms with van der Waals surface area (Å²) in [6.45, 7) is 8.65. The molecule has 8 heteroatoms. The smallest absolute Gasteiger partial charge is 0.234 e. The number of amides is 1. The SMILES string of the molecule is CCn1c(SCC(=O)Nc2cccc(C)c2C)nnc1C(C)Oc1cccc(OC)c1. The monoisotopic (exact) mass is 440 g/mol. The lowest BCUT2D eigenvalue weighted by molar-refractivity contribution is -0.113. The van der Waals surface area contributed by atoms with Crippen LogP contribution in [-0.4, -0.2) is 33.5 Å². The molecule has 3 aromatic rings. The quantitative estimate of drug-likeness (QED) is 0.482. The van der Waals surface area contributed by atoms with Crippen molar-refractivity contribution in [1.82, 2.24) is 14.8 Å². The Kier molecular flexibility index (Phi) is 7.57. The normalized spacial score (nSPS) is 11.8. The first kappa shape index (κ1) is 22.7. The number of carbonyl (C=O) groups is 1. The lowest BCUT2D eigenvalue weighted by Gasteiger charge is -2.16. The third kappa shape index (κ3) is 5.58. The summed E-state index contributed by atoms with van der Waals surface area (Å²) in [5.41, 5.74) is 3.05. The average molecular weight is 441 g/mol. The second-order valence-corrected chi connectivity index (χ2v) is 8.05. The molecule has 0 aliphatic rings. The predicted octanol–water partition coefficient (Wildman–Crippen LogP) is 4.79. The van der Waals surface area contributed by atoms with E-state index in [0.29, 0.717) is 23.3 Å². The minimum absolute atomic E-state index is 0.0772. The molecule has 1 aromatic heterocycles. The molecule has 164 valence electrons. The zero-order valence-electron chi connectivity index (χ0n) is 18.5. The molecule has 0 aliphatic carbocycles. The fourth-order valence-electron chi connectivity index (χ4n) is 3.14. The van der Waals surface area contributed by atoms with Gasteiger partial charge in [0.25, 0.3) is 0 Å². The average Bonchev–Trinajstić information content (AvgIpc) is 3.18. The van der Waals surface area contributed by atoms with Crippen LogP contribution in [0.15, 0.2) is 47.6 Å². The molecule has 7 nitrogen and oxygen atoms in total. The third-order valence-corrected chi connectivity index (χ3v) is 5.96. The number of aromatic nitrogens is 3. The second kappa shape index (κ2) is 10.3. The van der Waals surface area contributed by atoms with Crippen molar-refractivity contribution in [2.75, 3.05) is 18.2 Å². The standard InChI is InChI=1S/C23H28N4O3S/c1-6-27-22(17(4)30-19-11-8-10-18(13-19)29-5)25-26-23(27)31-14-21(28)24-20-12-7-9-15(2)16(20)3/h7-13,17H,6,14H2,1-5H3,(H,24,28). The zero-order valence-corrected chi connectivity index (χ0v) is 19.3. The van der Waals surface area contributed by atoms with Crippen LogP contribution in [0.2, 0.25) is 0 Å². The van der Waals surface area contributed by atoms with Gasteiger partial charge in [0.1, 0.15) is 11.5 Å². The van der Waals surface area contributed by atoms with E-state index in [1.54, 1.807) is 7.11 Å². The molecule has 2 aromatic carbocycles. The summed E-state index contributed by atoms with van der Waals surface area (Å²) in [5.74, 6) is 2.30. The number of rotatable bonds is 9. The van der Waals surface area contributed by atoms with Crippen LogP contribution in [0.1, 0.15) is 36.9 Å². The summed E-state index contributed by atoms with van der Waals surface area (Å²) in [6.07, 6.45) is -0.308. The highest BCUT2D eigenvalue weighted by molar-refractivity contribution is 7.99. The number of aryl methyl sites for hydroxylation is 1. The highest BCUT2D eigenvalue weighted by atomic mass is 32.2. The van der Waals surface area contributed by atoms with Crippen LogP contribution in [0.3, 0.4) is 0 Å². The van der Waals surface area contributed by atoms with Gasteiger partial charge >= 0.3 is 0 Å². The summed E-state index contributed by atoms with van der Waals surface area (Å²) >= 11 is 1.36. The van der Waals surface area contributed by atoms with Crippen molar-refractivity contribution < 1.29 is 14.3 Å². The summed E-state index contributed by atoms with van der Waals surface area (Å²) in [5, 5.41) is 12.3. The van der Waals surface area contributed by atoms with Gasteiger partial charge in [0, 0.05) is 18.3 Å². The molecule has 0 saturated carbocycles. The number of hydrogen-bond donors (Lipinski definition) is 1. The molecule has 0 radical (unpaired) electrons. The molecule has 0 aliphatic heterocycles. The molecule has 0 saturated heterocycles. The highest BCUT2D eigenvalue weighted by Crippen LogP contribution is 2.27. The summed E-state index contributed by atoms with van der Waals surface area (Å²) in [6, 6.07) is 13.3. The van der Waals surface area contributed by atoms with E-state index in [1.165, 1.54) is 11.8 Å². The van der Waals surface area contributed by atoms with Crippen LogP contribution in [0.5, 0.6) is 11.5 Å². The highest BCUT2D eigenvalue weighted by Gasteiger charge is 2.20. The Morgan fingerprint density at radius 3 is 2.65 bits per heavy atom. The largest absolute Gasteiger partial charge is 0.497 e. The number of nitrogens with one attached hydrogen (secondary N) is 1. The van der Waals surface area contributed by atoms with E-state index >= 15 is 0 Å². The van der Waals surface area contributed by atoms with Gasteiger partial charge < -0.3 is 19.4 Å². The van der Waals surface area contributed by atoms with Gasteiger partial charge in [-0.1, -0.05) is 30.0 Å². The van der Waals surface area contributed by atoms with Gasteiger partial charge in [-0.05, 0) is 57.0 Å². The maximum absolute atomic E-state index is 12.5. The van der Waals surface area contributed by atoms with Crippen LogP contribution < -0.4 is 14.8 Å². The zero-order chi connectivity index (χ0) is 22.4. The van der Waals surface area contributed by atoms with E-state index < -0.39 is 0 Å². The van der Waals surface area contributed by atoms with Gasteiger partial charge in [0.15, 0.2) is 17.1 Å². The molecule has 1 unspecified atom stereocenters. The van der Waals surface area contributed by atoms with E-state index in [1.807, 2.05) is 74.7 Å². The molecule has 0 spiro atoms. The number of anilines is 1. The van der Waals surface area contributed by atoms with Crippen molar-refractivity contribution in [2.24, 2.45) is 0 Å². The Morgan fingerprint density at radius 2 is 1.90 bits per heavy atom. The molecule has 1 amide bonds. The molecular weight excluding hydrogens is 412 g/mol. The number of methoxy groups -OCH3 is 1. The minimum atomic E-state index is -0.308. The Balaban J connectivity index is 1.65. The minimum Gasteiger partial charge on any atom is -0.497 e. The van der Waals surface area contributed by atoms with Crippen LogP contribution in [0.25, 0.3) is 0 Å². The van der Waals surface area contributed by atoms with E-state index in [0.717, 1.165) is 22.6 Å². The Bertz CT molecular complexity index is 1050. The summed E-state index contributed by atoms with van der Waals surface area (Å²) in [4.78, 5) is 12.5. The summed E-state index contributed by atoms with van der Waals surface area (Å²) < 4.78 is 13.3. The van der Waals surface area contributed by atoms with Crippen LogP contribution in [-0.2, 0) is 11.3 Å². The molecule has 1 N–H and O–H groups in total. The molecule has 1 atom stereocenters. The predicted molar refractivity (Wildman–Crippen MR) is 123 cm³/mol. The molecule has 0 bridgehead atoms. The lowest BCUT2D eigenvalue weighted by atomic mass is 10.1. The van der Waals surface area contributed by atoms with E-state index in [4.69, 9.17) is 9.47 Å². The third-order valence-electron chi connectivity index (χ3n) is 4.99. The topological polar surface area (TPSA) is 78.3 Å². The Labute approximate surface area is 187 Å². The van der Waals surface area contributed by atoms with E-state index in [2.05, 4.69) is 15.5 Å². The Morgan fingerprint density at radius 1 is 1.16 bits per heavy atom. The number of carbonyl (C=O) groups excluding carboxylic acids is 1. The molecule has 0 fully saturated rings. The maximum atomic E-state index is 12.5. The van der Waals surface area contributed by atoms with Crippen molar-refractivity contribution in [3.63, 3.8) is 0 Å². The maximum Gasteiger partial charge on any atom is 0.234 e. The molecule has 31 heavy (non-hydrogen) atoms. The Hall–Kier alpha value is -3.00. The molecular formula is C23H28N4O3S. The van der Waals surface area contributed by atoms with Gasteiger partial charge in [-0.25, -0.2) is 0 Å². The van der Waals surface area contributed by atoms with E-state index in [-0.39, 0.29) is 17.8 Å². The van der Waals surface area contributed by atoms with Crippen LogP contribution >= 0.6 is 11.8 Å².